The Balaban J connectivity index is 1.37. The summed E-state index contributed by atoms with van der Waals surface area (Å²) < 4.78 is 82.5. The van der Waals surface area contributed by atoms with Crippen molar-refractivity contribution in [1.82, 2.24) is 15.2 Å². The number of benzene rings is 1. The third-order valence-electron chi connectivity index (χ3n) is 7.09. The van der Waals surface area contributed by atoms with Gasteiger partial charge in [-0.3, -0.25) is 4.79 Å². The number of alkyl carbamates (subject to hydrolysis) is 1. The molecule has 3 aromatic rings. The number of hydrogen-bond donors (Lipinski definition) is 3. The highest BCUT2D eigenvalue weighted by atomic mass is 32.2. The van der Waals surface area contributed by atoms with Crippen LogP contribution in [-0.4, -0.2) is 62.1 Å². The molecule has 16 heteroatoms. The number of nitrogens with zero attached hydrogens (tertiary/aromatic N) is 1. The number of carbonyl (C=O) groups excluding carboxylic acids is 1. The third-order valence-corrected chi connectivity index (χ3v) is 10.2. The quantitative estimate of drug-likeness (QED) is 0.309. The van der Waals surface area contributed by atoms with Crippen molar-refractivity contribution in [1.29, 1.82) is 0 Å². The molecule has 0 bridgehead atoms. The number of alkyl halides is 3. The summed E-state index contributed by atoms with van der Waals surface area (Å²) in [6.07, 6.45) is -4.30. The predicted octanol–water partition coefficient (Wildman–Crippen LogP) is 3.77. The molecule has 1 aromatic carbocycles. The van der Waals surface area contributed by atoms with Crippen LogP contribution in [-0.2, 0) is 35.9 Å². The maximum atomic E-state index is 13.4. The monoisotopic (exact) mass is 615 g/mol. The number of carboxylic acids is 1. The van der Waals surface area contributed by atoms with Crippen molar-refractivity contribution in [3.63, 3.8) is 0 Å². The maximum absolute atomic E-state index is 13.4. The SMILES string of the molecule is O=C(NCC1CCCO1)OC[C@@]1(c2ccccc2)C[C@]1(NS(=O)(=O)c1ccc(-c2cc(C(F)(F)F)on2)s1)C(=O)O. The van der Waals surface area contributed by atoms with Crippen LogP contribution in [0.25, 0.3) is 10.6 Å². The lowest BCUT2D eigenvalue weighted by molar-refractivity contribution is -0.155. The fourth-order valence-corrected chi connectivity index (χ4v) is 7.56. The van der Waals surface area contributed by atoms with Crippen LogP contribution >= 0.6 is 11.3 Å². The lowest BCUT2D eigenvalue weighted by atomic mass is 9.91. The number of carboxylic acid groups (broad SMARTS) is 1. The van der Waals surface area contributed by atoms with E-state index in [4.69, 9.17) is 9.47 Å². The second-order valence-corrected chi connectivity index (χ2v) is 12.7. The van der Waals surface area contributed by atoms with E-state index in [2.05, 4.69) is 19.7 Å². The standard InChI is InChI=1S/C25H24F3N3O8S2/c26-25(27,28)19-11-17(30-39-19)18-8-9-20(40-18)41(35,36)31-24(21(32)33)13-23(24,15-5-2-1-3-6-15)14-38-22(34)29-12-16-7-4-10-37-16/h1-3,5-6,8-9,11,16,31H,4,7,10,12-14H2,(H,29,34)(H,32,33)/t16?,23-,24+/m1/s1. The van der Waals surface area contributed by atoms with Crippen LogP contribution < -0.4 is 10.0 Å². The Hall–Kier alpha value is -3.47. The fraction of sp³-hybridized carbons (Fsp3) is 0.400. The number of sulfonamides is 1. The number of amides is 1. The molecule has 1 saturated heterocycles. The van der Waals surface area contributed by atoms with E-state index >= 15 is 0 Å². The molecule has 1 amide bonds. The van der Waals surface area contributed by atoms with Gasteiger partial charge < -0.3 is 24.4 Å². The number of aromatic nitrogens is 1. The number of thiophene rings is 1. The van der Waals surface area contributed by atoms with Gasteiger partial charge in [-0.15, -0.1) is 11.3 Å². The Morgan fingerprint density at radius 2 is 1.95 bits per heavy atom. The summed E-state index contributed by atoms with van der Waals surface area (Å²) in [6, 6.07) is 11.2. The molecule has 1 unspecified atom stereocenters. The van der Waals surface area contributed by atoms with Crippen LogP contribution in [0.2, 0.25) is 0 Å². The summed E-state index contributed by atoms with van der Waals surface area (Å²) in [4.78, 5) is 25.1. The van der Waals surface area contributed by atoms with Crippen molar-refractivity contribution < 1.29 is 50.3 Å². The van der Waals surface area contributed by atoms with Crippen molar-refractivity contribution in [2.24, 2.45) is 0 Å². The molecule has 2 fully saturated rings. The fourth-order valence-electron chi connectivity index (χ4n) is 4.88. The van der Waals surface area contributed by atoms with E-state index < -0.39 is 51.6 Å². The summed E-state index contributed by atoms with van der Waals surface area (Å²) in [5.74, 6) is -2.84. The number of nitrogens with one attached hydrogen (secondary N) is 2. The van der Waals surface area contributed by atoms with Gasteiger partial charge in [-0.1, -0.05) is 35.5 Å². The molecule has 11 nitrogen and oxygen atoms in total. The van der Waals surface area contributed by atoms with Gasteiger partial charge in [0.05, 0.1) is 16.4 Å². The summed E-state index contributed by atoms with van der Waals surface area (Å²) in [5, 5.41) is 16.2. The Morgan fingerprint density at radius 1 is 1.20 bits per heavy atom. The van der Waals surface area contributed by atoms with Crippen LogP contribution in [0, 0.1) is 0 Å². The molecule has 1 aliphatic heterocycles. The summed E-state index contributed by atoms with van der Waals surface area (Å²) in [6.45, 7) is 0.362. The van der Waals surface area contributed by atoms with Crippen LogP contribution in [0.1, 0.15) is 30.6 Å². The van der Waals surface area contributed by atoms with Crippen molar-refractivity contribution in [3.05, 3.63) is 59.9 Å². The zero-order chi connectivity index (χ0) is 29.5. The van der Waals surface area contributed by atoms with Crippen LogP contribution in [0.4, 0.5) is 18.0 Å². The van der Waals surface area contributed by atoms with Gasteiger partial charge in [0.1, 0.15) is 22.0 Å². The molecule has 1 saturated carbocycles. The topological polar surface area (TPSA) is 157 Å². The second kappa shape index (κ2) is 10.7. The molecule has 3 atom stereocenters. The van der Waals surface area contributed by atoms with Gasteiger partial charge in [0.25, 0.3) is 10.0 Å². The normalized spacial score (nSPS) is 24.2. The molecule has 2 aliphatic rings. The summed E-state index contributed by atoms with van der Waals surface area (Å²) in [7, 11) is -4.51. The number of carbonyl (C=O) groups is 2. The van der Waals surface area contributed by atoms with Crippen LogP contribution in [0.3, 0.4) is 0 Å². The van der Waals surface area contributed by atoms with Gasteiger partial charge in [-0.25, -0.2) is 13.2 Å². The number of halogens is 3. The molecule has 2 aromatic heterocycles. The molecule has 0 radical (unpaired) electrons. The first-order valence-corrected chi connectivity index (χ1v) is 14.7. The molecular weight excluding hydrogens is 591 g/mol. The molecular formula is C25H24F3N3O8S2. The predicted molar refractivity (Wildman–Crippen MR) is 137 cm³/mol. The Morgan fingerprint density at radius 3 is 2.59 bits per heavy atom. The average Bonchev–Trinajstić information content (AvgIpc) is 3.49. The van der Waals surface area contributed by atoms with Gasteiger partial charge in [-0.05, 0) is 37.0 Å². The lowest BCUT2D eigenvalue weighted by Gasteiger charge is -2.24. The molecule has 220 valence electrons. The van der Waals surface area contributed by atoms with E-state index in [0.29, 0.717) is 29.6 Å². The lowest BCUT2D eigenvalue weighted by Crippen LogP contribution is -2.50. The molecule has 0 spiro atoms. The number of hydrogen-bond acceptors (Lipinski definition) is 9. The van der Waals surface area contributed by atoms with E-state index in [1.807, 2.05) is 0 Å². The van der Waals surface area contributed by atoms with Gasteiger partial charge >= 0.3 is 18.2 Å². The molecule has 1 aliphatic carbocycles. The van der Waals surface area contributed by atoms with Crippen molar-refractivity contribution in [2.45, 2.75) is 46.7 Å². The largest absolute Gasteiger partial charge is 0.480 e. The first-order chi connectivity index (χ1) is 19.4. The summed E-state index contributed by atoms with van der Waals surface area (Å²) >= 11 is 0.589. The number of ether oxygens (including phenoxy) is 2. The van der Waals surface area contributed by atoms with E-state index in [1.54, 1.807) is 30.3 Å². The second-order valence-electron chi connectivity index (χ2n) is 9.73. The van der Waals surface area contributed by atoms with Gasteiger partial charge in [0.15, 0.2) is 0 Å². The van der Waals surface area contributed by atoms with Crippen LogP contribution in [0.5, 0.6) is 0 Å². The number of aliphatic carboxylic acids is 1. The van der Waals surface area contributed by atoms with Gasteiger partial charge in [0.2, 0.25) is 5.76 Å². The van der Waals surface area contributed by atoms with Crippen molar-refractivity contribution >= 4 is 33.4 Å². The number of rotatable bonds is 10. The van der Waals surface area contributed by atoms with Gasteiger partial charge in [-0.2, -0.15) is 17.9 Å². The minimum atomic E-state index is -4.77. The Bertz CT molecular complexity index is 1540. The van der Waals surface area contributed by atoms with Crippen molar-refractivity contribution in [3.8, 4) is 10.6 Å². The van der Waals surface area contributed by atoms with E-state index in [1.165, 1.54) is 6.07 Å². The zero-order valence-electron chi connectivity index (χ0n) is 21.1. The van der Waals surface area contributed by atoms with Crippen LogP contribution in [0.15, 0.2) is 57.3 Å². The minimum absolute atomic E-state index is 0.0605. The zero-order valence-corrected chi connectivity index (χ0v) is 22.8. The highest BCUT2D eigenvalue weighted by Gasteiger charge is 2.75. The average molecular weight is 616 g/mol. The molecule has 3 heterocycles. The maximum Gasteiger partial charge on any atom is 0.452 e. The Labute approximate surface area is 235 Å². The molecule has 5 rings (SSSR count). The van der Waals surface area contributed by atoms with Crippen molar-refractivity contribution in [2.75, 3.05) is 19.8 Å². The highest BCUT2D eigenvalue weighted by molar-refractivity contribution is 7.91. The Kier molecular flexibility index (Phi) is 7.61. The summed E-state index contributed by atoms with van der Waals surface area (Å²) in [5.41, 5.74) is -3.32. The van der Waals surface area contributed by atoms with E-state index in [9.17, 15) is 36.3 Å². The smallest absolute Gasteiger partial charge is 0.452 e. The van der Waals surface area contributed by atoms with E-state index in [-0.39, 0.29) is 33.8 Å². The molecule has 3 N–H and O–H groups in total. The highest BCUT2D eigenvalue weighted by Crippen LogP contribution is 2.59. The first kappa shape index (κ1) is 29.0. The van der Waals surface area contributed by atoms with E-state index in [0.717, 1.165) is 18.9 Å². The third kappa shape index (κ3) is 5.68. The molecule has 41 heavy (non-hydrogen) atoms. The van der Waals surface area contributed by atoms with Gasteiger partial charge in [0, 0.05) is 19.2 Å². The minimum Gasteiger partial charge on any atom is -0.480 e. The first-order valence-electron chi connectivity index (χ1n) is 12.4.